The first kappa shape index (κ1) is 20.9. The molecule has 8 nitrogen and oxygen atoms in total. The van der Waals surface area contributed by atoms with Crippen molar-refractivity contribution in [3.8, 4) is 22.7 Å². The van der Waals surface area contributed by atoms with Gasteiger partial charge in [-0.05, 0) is 36.4 Å². The number of halogens is 2. The molecule has 0 aliphatic rings. The van der Waals surface area contributed by atoms with Gasteiger partial charge in [-0.15, -0.1) is 29.9 Å². The fraction of sp³-hybridized carbons (Fsp3) is 0. The van der Waals surface area contributed by atoms with Gasteiger partial charge >= 0.3 is 0 Å². The van der Waals surface area contributed by atoms with E-state index in [9.17, 15) is 5.11 Å². The smallest absolute Gasteiger partial charge is 0.125 e. The lowest BCUT2D eigenvalue weighted by molar-refractivity contribution is 0.477. The van der Waals surface area contributed by atoms with Gasteiger partial charge in [-0.3, -0.25) is 10.8 Å². The Kier molecular flexibility index (Phi) is 6.71. The van der Waals surface area contributed by atoms with E-state index in [1.807, 2.05) is 0 Å². The molecule has 26 heavy (non-hydrogen) atoms. The number of rotatable bonds is 4. The molecule has 0 aliphatic heterocycles. The fourth-order valence-electron chi connectivity index (χ4n) is 2.22. The zero-order chi connectivity index (χ0) is 17.3. The highest BCUT2D eigenvalue weighted by molar-refractivity contribution is 5.96. The summed E-state index contributed by atoms with van der Waals surface area (Å²) in [4.78, 5) is 0. The number of nitrogens with two attached hydrogens (primary N) is 2. The summed E-state index contributed by atoms with van der Waals surface area (Å²) in [6, 6.07) is 11.7. The Morgan fingerprint density at radius 1 is 0.923 bits per heavy atom. The molecule has 0 unspecified atom stereocenters. The number of aromatic nitrogens is 3. The zero-order valence-corrected chi connectivity index (χ0v) is 15.0. The molecule has 136 valence electrons. The Bertz CT molecular complexity index is 938. The van der Waals surface area contributed by atoms with E-state index in [2.05, 4.69) is 10.3 Å². The van der Waals surface area contributed by atoms with E-state index in [1.54, 1.807) is 47.3 Å². The van der Waals surface area contributed by atoms with Crippen LogP contribution in [0, 0.1) is 10.8 Å². The van der Waals surface area contributed by atoms with Crippen LogP contribution in [0.5, 0.6) is 5.75 Å². The summed E-state index contributed by atoms with van der Waals surface area (Å²) in [5.41, 5.74) is 13.6. The van der Waals surface area contributed by atoms with E-state index in [0.29, 0.717) is 22.4 Å². The molecule has 0 radical (unpaired) electrons. The lowest BCUT2D eigenvalue weighted by atomic mass is 10.1. The molecular weight excluding hydrogens is 377 g/mol. The quantitative estimate of drug-likeness (QED) is 0.339. The second kappa shape index (κ2) is 8.32. The van der Waals surface area contributed by atoms with E-state index < -0.39 is 0 Å². The average molecular weight is 394 g/mol. The van der Waals surface area contributed by atoms with Gasteiger partial charge in [0.05, 0.1) is 11.9 Å². The number of nitrogens with one attached hydrogen (secondary N) is 2. The number of nitrogen functional groups attached to an aromatic ring is 2. The lowest BCUT2D eigenvalue weighted by Crippen LogP contribution is -2.10. The van der Waals surface area contributed by atoms with Crippen LogP contribution in [-0.2, 0) is 0 Å². The summed E-state index contributed by atoms with van der Waals surface area (Å²) in [5, 5.41) is 33.0. The summed E-state index contributed by atoms with van der Waals surface area (Å²) >= 11 is 0. The van der Waals surface area contributed by atoms with Crippen molar-refractivity contribution >= 4 is 36.5 Å². The molecule has 0 bridgehead atoms. The van der Waals surface area contributed by atoms with E-state index >= 15 is 0 Å². The number of aromatic hydroxyl groups is 1. The standard InChI is InChI=1S/C16H15N7O.2ClH/c17-15(18)9-1-4-11(5-2-9)23-8-13(21-22-23)12-6-3-10(16(19)20)7-14(12)24;;/h1-8,24H,(H3,17,18)(H3,19,20);2*1H. The van der Waals surface area contributed by atoms with E-state index in [0.717, 1.165) is 5.69 Å². The Balaban J connectivity index is 0.00000169. The average Bonchev–Trinajstić information content (AvgIpc) is 3.04. The van der Waals surface area contributed by atoms with Crippen molar-refractivity contribution in [3.05, 3.63) is 59.8 Å². The number of hydrogen-bond acceptors (Lipinski definition) is 5. The number of nitrogens with zero attached hydrogens (tertiary/aromatic N) is 3. The molecule has 0 amide bonds. The molecule has 7 N–H and O–H groups in total. The molecule has 0 saturated carbocycles. The summed E-state index contributed by atoms with van der Waals surface area (Å²) in [6.07, 6.45) is 1.67. The summed E-state index contributed by atoms with van der Waals surface area (Å²) < 4.78 is 1.55. The third kappa shape index (κ3) is 4.11. The summed E-state index contributed by atoms with van der Waals surface area (Å²) in [6.45, 7) is 0. The SMILES string of the molecule is Cl.Cl.N=C(N)c1ccc(-n2cc(-c3ccc(C(=N)N)cc3O)nn2)cc1. The van der Waals surface area contributed by atoms with Crippen LogP contribution in [0.15, 0.2) is 48.7 Å². The van der Waals surface area contributed by atoms with E-state index in [-0.39, 0.29) is 42.2 Å². The second-order valence-corrected chi connectivity index (χ2v) is 5.15. The van der Waals surface area contributed by atoms with Crippen LogP contribution in [0.4, 0.5) is 0 Å². The first-order valence-electron chi connectivity index (χ1n) is 7.00. The Labute approximate surface area is 161 Å². The summed E-state index contributed by atoms with van der Waals surface area (Å²) in [7, 11) is 0. The third-order valence-electron chi connectivity index (χ3n) is 3.52. The zero-order valence-electron chi connectivity index (χ0n) is 13.4. The highest BCUT2D eigenvalue weighted by Crippen LogP contribution is 2.28. The molecule has 0 spiro atoms. The number of amidine groups is 2. The normalized spacial score (nSPS) is 9.69. The minimum absolute atomic E-state index is 0. The van der Waals surface area contributed by atoms with Crippen LogP contribution in [-0.4, -0.2) is 31.8 Å². The second-order valence-electron chi connectivity index (χ2n) is 5.15. The van der Waals surface area contributed by atoms with Gasteiger partial charge in [0.15, 0.2) is 0 Å². The van der Waals surface area contributed by atoms with Crippen molar-refractivity contribution in [1.29, 1.82) is 10.8 Å². The van der Waals surface area contributed by atoms with Gasteiger partial charge < -0.3 is 16.6 Å². The van der Waals surface area contributed by atoms with Gasteiger partial charge in [0.25, 0.3) is 0 Å². The Morgan fingerprint density at radius 2 is 1.50 bits per heavy atom. The van der Waals surface area contributed by atoms with Crippen molar-refractivity contribution in [2.24, 2.45) is 11.5 Å². The van der Waals surface area contributed by atoms with Gasteiger partial charge in [-0.1, -0.05) is 11.3 Å². The highest BCUT2D eigenvalue weighted by Gasteiger charge is 2.11. The van der Waals surface area contributed by atoms with E-state index in [4.69, 9.17) is 22.3 Å². The highest BCUT2D eigenvalue weighted by atomic mass is 35.5. The van der Waals surface area contributed by atoms with Crippen LogP contribution in [0.2, 0.25) is 0 Å². The first-order valence-corrected chi connectivity index (χ1v) is 7.00. The molecule has 0 fully saturated rings. The molecule has 10 heteroatoms. The molecule has 3 rings (SSSR count). The molecule has 1 aromatic heterocycles. The van der Waals surface area contributed by atoms with Crippen LogP contribution in [0.3, 0.4) is 0 Å². The van der Waals surface area contributed by atoms with Gasteiger partial charge in [-0.2, -0.15) is 0 Å². The number of phenols is 1. The lowest BCUT2D eigenvalue weighted by Gasteiger charge is -2.04. The van der Waals surface area contributed by atoms with Crippen LogP contribution >= 0.6 is 24.8 Å². The van der Waals surface area contributed by atoms with Crippen molar-refractivity contribution in [2.75, 3.05) is 0 Å². The minimum atomic E-state index is -0.119. The predicted molar refractivity (Wildman–Crippen MR) is 105 cm³/mol. The maximum absolute atomic E-state index is 10.1. The molecule has 0 atom stereocenters. The van der Waals surface area contributed by atoms with Gasteiger partial charge in [0.1, 0.15) is 23.1 Å². The maximum Gasteiger partial charge on any atom is 0.125 e. The maximum atomic E-state index is 10.1. The Hall–Kier alpha value is -3.10. The third-order valence-corrected chi connectivity index (χ3v) is 3.52. The largest absolute Gasteiger partial charge is 0.507 e. The van der Waals surface area contributed by atoms with Crippen LogP contribution in [0.25, 0.3) is 16.9 Å². The van der Waals surface area contributed by atoms with Crippen LogP contribution in [0.1, 0.15) is 11.1 Å². The van der Waals surface area contributed by atoms with Crippen molar-refractivity contribution < 1.29 is 5.11 Å². The van der Waals surface area contributed by atoms with Crippen molar-refractivity contribution in [2.45, 2.75) is 0 Å². The summed E-state index contributed by atoms with van der Waals surface area (Å²) in [5.74, 6) is -0.149. The fourth-order valence-corrected chi connectivity index (χ4v) is 2.22. The van der Waals surface area contributed by atoms with E-state index in [1.165, 1.54) is 6.07 Å². The molecule has 0 saturated heterocycles. The minimum Gasteiger partial charge on any atom is -0.507 e. The molecule has 3 aromatic rings. The van der Waals surface area contributed by atoms with Gasteiger partial charge in [0, 0.05) is 16.7 Å². The Morgan fingerprint density at radius 3 is 2.04 bits per heavy atom. The number of hydrogen-bond donors (Lipinski definition) is 5. The van der Waals surface area contributed by atoms with Crippen molar-refractivity contribution in [1.82, 2.24) is 15.0 Å². The topological polar surface area (TPSA) is 151 Å². The molecule has 0 aliphatic carbocycles. The van der Waals surface area contributed by atoms with Crippen LogP contribution < -0.4 is 11.5 Å². The van der Waals surface area contributed by atoms with Gasteiger partial charge in [-0.25, -0.2) is 4.68 Å². The first-order chi connectivity index (χ1) is 11.5. The number of benzene rings is 2. The molecular formula is C16H17Cl2N7O. The molecule has 2 aromatic carbocycles. The monoisotopic (exact) mass is 393 g/mol. The van der Waals surface area contributed by atoms with Crippen molar-refractivity contribution in [3.63, 3.8) is 0 Å². The van der Waals surface area contributed by atoms with Gasteiger partial charge in [0.2, 0.25) is 0 Å². The molecule has 1 heterocycles. The number of phenolic OH excluding ortho intramolecular Hbond substituents is 1. The predicted octanol–water partition coefficient (Wildman–Crippen LogP) is 2.05.